The summed E-state index contributed by atoms with van der Waals surface area (Å²) in [6.45, 7) is -4.34. The molecule has 0 saturated carbocycles. The fourth-order valence-electron chi connectivity index (χ4n) is 1.98. The first-order valence-corrected chi connectivity index (χ1v) is 8.24. The largest absolute Gasteiger partial charge is 0.394 e. The highest BCUT2D eigenvalue weighted by molar-refractivity contribution is 8.06. The summed E-state index contributed by atoms with van der Waals surface area (Å²) >= 11 is 4.37. The quantitative estimate of drug-likeness (QED) is 0.487. The lowest BCUT2D eigenvalue weighted by atomic mass is 10.2. The Morgan fingerprint density at radius 1 is 1.55 bits per heavy atom. The van der Waals surface area contributed by atoms with E-state index in [9.17, 15) is 14.7 Å². The highest BCUT2D eigenvalue weighted by Crippen LogP contribution is 2.43. The normalized spacial score (nSPS) is 26.9. The average molecular weight is 324 g/mol. The number of hydrogen-bond acceptors (Lipinski definition) is 6. The minimum Gasteiger partial charge on any atom is -0.394 e. The van der Waals surface area contributed by atoms with E-state index in [-0.39, 0.29) is 6.42 Å². The van der Waals surface area contributed by atoms with Gasteiger partial charge in [-0.25, -0.2) is 4.79 Å². The molecule has 20 heavy (non-hydrogen) atoms. The van der Waals surface area contributed by atoms with Crippen LogP contribution >= 0.6 is 6.72 Å². The second kappa shape index (κ2) is 5.86. The van der Waals surface area contributed by atoms with Crippen LogP contribution in [0.5, 0.6) is 0 Å². The van der Waals surface area contributed by atoms with Crippen molar-refractivity contribution in [3.05, 3.63) is 33.1 Å². The number of aliphatic hydroxyl groups excluding tert-OH is 1. The minimum absolute atomic E-state index is 0.0800. The van der Waals surface area contributed by atoms with Gasteiger partial charge in [-0.3, -0.25) is 14.3 Å². The van der Waals surface area contributed by atoms with Crippen LogP contribution in [0.1, 0.15) is 12.6 Å². The van der Waals surface area contributed by atoms with E-state index >= 15 is 0 Å². The number of nitrogens with zero attached hydrogens (tertiary/aromatic N) is 1. The summed E-state index contributed by atoms with van der Waals surface area (Å²) < 4.78 is 11.4. The van der Waals surface area contributed by atoms with Gasteiger partial charge in [-0.05, 0) is 11.8 Å². The summed E-state index contributed by atoms with van der Waals surface area (Å²) in [4.78, 5) is 43.0. The van der Waals surface area contributed by atoms with Gasteiger partial charge in [-0.2, -0.15) is 0 Å². The molecule has 1 aliphatic heterocycles. The van der Waals surface area contributed by atoms with Gasteiger partial charge in [0.1, 0.15) is 12.3 Å². The molecule has 0 bridgehead atoms. The van der Waals surface area contributed by atoms with Crippen molar-refractivity contribution in [3.8, 4) is 0 Å². The van der Waals surface area contributed by atoms with Gasteiger partial charge in [0.05, 0.1) is 12.7 Å². The second-order valence-electron chi connectivity index (χ2n) is 4.20. The Balaban J connectivity index is 2.22. The van der Waals surface area contributed by atoms with Crippen molar-refractivity contribution in [2.24, 2.45) is 0 Å². The zero-order chi connectivity index (χ0) is 14.9. The molecule has 1 fully saturated rings. The molecule has 1 saturated heterocycles. The molecule has 0 unspecified atom stereocenters. The number of hydrogen-bond donors (Lipinski definition) is 4. The zero-order valence-electron chi connectivity index (χ0n) is 10.1. The molecule has 2 heterocycles. The van der Waals surface area contributed by atoms with Crippen molar-refractivity contribution < 1.29 is 24.2 Å². The van der Waals surface area contributed by atoms with Crippen LogP contribution in [0.25, 0.3) is 0 Å². The first-order chi connectivity index (χ1) is 9.30. The third-order valence-corrected chi connectivity index (χ3v) is 3.60. The fourth-order valence-corrected chi connectivity index (χ4v) is 2.88. The van der Waals surface area contributed by atoms with Gasteiger partial charge in [0.2, 0.25) is 0 Å². The van der Waals surface area contributed by atoms with Crippen LogP contribution in [0.3, 0.4) is 0 Å². The molecule has 0 aliphatic carbocycles. The van der Waals surface area contributed by atoms with Gasteiger partial charge < -0.3 is 24.2 Å². The SMILES string of the molecule is O=c1ccn([C@H]2C[C@H](OP(O)(O)=S)[C@@H](CO)O2)c(=O)[nH]1. The molecule has 2 rings (SSSR count). The number of aromatic nitrogens is 2. The maximum atomic E-state index is 11.6. The van der Waals surface area contributed by atoms with E-state index in [1.54, 1.807) is 0 Å². The molecule has 9 nitrogen and oxygen atoms in total. The number of aliphatic hydroxyl groups is 1. The first kappa shape index (κ1) is 15.5. The number of H-pyrrole nitrogens is 1. The van der Waals surface area contributed by atoms with Crippen LogP contribution < -0.4 is 11.2 Å². The number of nitrogens with one attached hydrogen (secondary N) is 1. The maximum absolute atomic E-state index is 11.6. The zero-order valence-corrected chi connectivity index (χ0v) is 11.8. The van der Waals surface area contributed by atoms with Crippen molar-refractivity contribution in [1.29, 1.82) is 0 Å². The molecule has 11 heteroatoms. The molecule has 0 spiro atoms. The van der Waals surface area contributed by atoms with E-state index in [1.807, 2.05) is 0 Å². The molecular weight excluding hydrogens is 311 g/mol. The van der Waals surface area contributed by atoms with Gasteiger partial charge >= 0.3 is 12.4 Å². The summed E-state index contributed by atoms with van der Waals surface area (Å²) in [7, 11) is 0. The molecule has 0 radical (unpaired) electrons. The van der Waals surface area contributed by atoms with Gasteiger partial charge in [-0.15, -0.1) is 0 Å². The van der Waals surface area contributed by atoms with Crippen molar-refractivity contribution in [3.63, 3.8) is 0 Å². The van der Waals surface area contributed by atoms with E-state index in [2.05, 4.69) is 16.8 Å². The lowest BCUT2D eigenvalue weighted by molar-refractivity contribution is -0.0434. The van der Waals surface area contributed by atoms with Crippen LogP contribution in [0.2, 0.25) is 0 Å². The Bertz CT molecular complexity index is 638. The highest BCUT2D eigenvalue weighted by Gasteiger charge is 2.39. The molecule has 4 N–H and O–H groups in total. The first-order valence-electron chi connectivity index (χ1n) is 5.62. The predicted molar refractivity (Wildman–Crippen MR) is 70.5 cm³/mol. The molecule has 1 aliphatic rings. The lowest BCUT2D eigenvalue weighted by Gasteiger charge is -2.18. The molecular formula is C9H13N2O7PS. The smallest absolute Gasteiger partial charge is 0.330 e. The van der Waals surface area contributed by atoms with Gasteiger partial charge in [0.25, 0.3) is 5.56 Å². The number of rotatable bonds is 4. The maximum Gasteiger partial charge on any atom is 0.330 e. The van der Waals surface area contributed by atoms with E-state index in [1.165, 1.54) is 6.20 Å². The topological polar surface area (TPSA) is 134 Å². The summed E-state index contributed by atoms with van der Waals surface area (Å²) in [6.07, 6.45) is -1.18. The van der Waals surface area contributed by atoms with Crippen LogP contribution in [0, 0.1) is 0 Å². The van der Waals surface area contributed by atoms with Crippen LogP contribution in [0.4, 0.5) is 0 Å². The number of aromatic amines is 1. The predicted octanol–water partition coefficient (Wildman–Crippen LogP) is -1.59. The van der Waals surface area contributed by atoms with Crippen molar-refractivity contribution in [1.82, 2.24) is 9.55 Å². The van der Waals surface area contributed by atoms with Crippen molar-refractivity contribution in [2.75, 3.05) is 6.61 Å². The molecule has 3 atom stereocenters. The van der Waals surface area contributed by atoms with Crippen LogP contribution in [-0.4, -0.2) is 43.3 Å². The number of ether oxygens (including phenoxy) is 1. The Labute approximate surface area is 117 Å². The molecule has 0 amide bonds. The second-order valence-corrected chi connectivity index (χ2v) is 6.82. The van der Waals surface area contributed by atoms with Gasteiger partial charge in [-0.1, -0.05) is 0 Å². The minimum atomic E-state index is -3.91. The molecule has 112 valence electrons. The van der Waals surface area contributed by atoms with Crippen LogP contribution in [0.15, 0.2) is 21.9 Å². The Morgan fingerprint density at radius 3 is 2.80 bits per heavy atom. The van der Waals surface area contributed by atoms with E-state index in [0.717, 1.165) is 10.6 Å². The Hall–Kier alpha value is -0.870. The molecule has 0 aromatic carbocycles. The summed E-state index contributed by atoms with van der Waals surface area (Å²) in [5, 5.41) is 9.18. The Kier molecular flexibility index (Phi) is 4.55. The third kappa shape index (κ3) is 3.61. The van der Waals surface area contributed by atoms with Crippen molar-refractivity contribution >= 4 is 18.5 Å². The molecule has 1 aromatic heterocycles. The Morgan fingerprint density at radius 2 is 2.25 bits per heavy atom. The van der Waals surface area contributed by atoms with Gasteiger partial charge in [0, 0.05) is 18.7 Å². The summed E-state index contributed by atoms with van der Waals surface area (Å²) in [6, 6.07) is 1.15. The van der Waals surface area contributed by atoms with Gasteiger partial charge in [0.15, 0.2) is 0 Å². The highest BCUT2D eigenvalue weighted by atomic mass is 32.5. The van der Waals surface area contributed by atoms with E-state index in [4.69, 9.17) is 19.0 Å². The summed E-state index contributed by atoms with van der Waals surface area (Å²) in [5.74, 6) is 0. The standard InChI is InChI=1S/C9H13N2O7PS/c12-4-6-5(18-19(15,16)20)3-8(17-6)11-2-1-7(13)10-9(11)14/h1-2,5-6,8,12H,3-4H2,(H,10,13,14)(H2,15,16,20)/t5-,6+,8+/m0/s1. The summed E-state index contributed by atoms with van der Waals surface area (Å²) in [5.41, 5.74) is -1.22. The monoisotopic (exact) mass is 324 g/mol. The van der Waals surface area contributed by atoms with Crippen LogP contribution in [-0.2, 0) is 21.1 Å². The van der Waals surface area contributed by atoms with E-state index < -0.39 is 43.0 Å². The van der Waals surface area contributed by atoms with E-state index in [0.29, 0.717) is 0 Å². The fraction of sp³-hybridized carbons (Fsp3) is 0.556. The average Bonchev–Trinajstić information content (AvgIpc) is 2.69. The molecule has 1 aromatic rings. The third-order valence-electron chi connectivity index (χ3n) is 2.79. The lowest BCUT2D eigenvalue weighted by Crippen LogP contribution is -2.31. The van der Waals surface area contributed by atoms with Crippen molar-refractivity contribution in [2.45, 2.75) is 24.9 Å².